The maximum absolute atomic E-state index is 12.6. The Bertz CT molecular complexity index is 1080. The number of amides is 1. The van der Waals surface area contributed by atoms with Crippen molar-refractivity contribution in [1.82, 2.24) is 5.32 Å². The molecule has 2 aromatic carbocycles. The van der Waals surface area contributed by atoms with E-state index in [1.807, 2.05) is 0 Å². The van der Waals surface area contributed by atoms with Gasteiger partial charge in [-0.25, -0.2) is 8.42 Å². The highest BCUT2D eigenvalue weighted by atomic mass is 35.5. The Kier molecular flexibility index (Phi) is 6.46. The summed E-state index contributed by atoms with van der Waals surface area (Å²) in [5.74, 6) is 0.739. The molecule has 29 heavy (non-hydrogen) atoms. The first-order chi connectivity index (χ1) is 13.8. The van der Waals surface area contributed by atoms with Gasteiger partial charge < -0.3 is 14.5 Å². The van der Waals surface area contributed by atoms with Gasteiger partial charge in [-0.05, 0) is 67.1 Å². The molecule has 152 valence electrons. The van der Waals surface area contributed by atoms with Crippen LogP contribution >= 0.6 is 11.6 Å². The van der Waals surface area contributed by atoms with Crippen LogP contribution in [0.4, 0.5) is 5.69 Å². The van der Waals surface area contributed by atoms with Gasteiger partial charge in [0.2, 0.25) is 0 Å². The smallest absolute Gasteiger partial charge is 0.261 e. The van der Waals surface area contributed by atoms with Crippen molar-refractivity contribution in [1.29, 1.82) is 0 Å². The van der Waals surface area contributed by atoms with E-state index < -0.39 is 10.0 Å². The Balaban J connectivity index is 1.60. The lowest BCUT2D eigenvalue weighted by atomic mass is 10.2. The Hall–Kier alpha value is -2.97. The average molecular weight is 435 g/mol. The summed E-state index contributed by atoms with van der Waals surface area (Å²) in [5.41, 5.74) is 0.989. The molecular weight excluding hydrogens is 416 g/mol. The fourth-order valence-corrected chi connectivity index (χ4v) is 3.75. The quantitative estimate of drug-likeness (QED) is 0.562. The van der Waals surface area contributed by atoms with Gasteiger partial charge in [0.25, 0.3) is 15.9 Å². The van der Waals surface area contributed by atoms with Gasteiger partial charge in [-0.3, -0.25) is 9.52 Å². The summed E-state index contributed by atoms with van der Waals surface area (Å²) in [7, 11) is -3.77. The van der Waals surface area contributed by atoms with E-state index >= 15 is 0 Å². The molecule has 0 radical (unpaired) electrons. The number of rotatable bonds is 8. The van der Waals surface area contributed by atoms with Gasteiger partial charge in [-0.2, -0.15) is 0 Å². The third-order valence-electron chi connectivity index (χ3n) is 3.95. The molecule has 0 aliphatic heterocycles. The Morgan fingerprint density at radius 1 is 1.14 bits per heavy atom. The van der Waals surface area contributed by atoms with Crippen LogP contribution in [0.2, 0.25) is 5.02 Å². The second kappa shape index (κ2) is 9.02. The SMILES string of the molecule is Cc1cc(S(=O)(=O)Nc2ccc(Cl)cc2)ccc1OCC(=O)NCc1ccco1. The van der Waals surface area contributed by atoms with Crippen molar-refractivity contribution in [2.24, 2.45) is 0 Å². The lowest BCUT2D eigenvalue weighted by Gasteiger charge is -2.12. The van der Waals surface area contributed by atoms with Crippen molar-refractivity contribution in [3.63, 3.8) is 0 Å². The summed E-state index contributed by atoms with van der Waals surface area (Å²) in [4.78, 5) is 12.0. The Morgan fingerprint density at radius 3 is 2.55 bits per heavy atom. The predicted molar refractivity (Wildman–Crippen MR) is 109 cm³/mol. The molecule has 7 nitrogen and oxygen atoms in total. The Labute approximate surface area is 173 Å². The van der Waals surface area contributed by atoms with Crippen molar-refractivity contribution in [3.8, 4) is 5.75 Å². The molecule has 3 aromatic rings. The first-order valence-electron chi connectivity index (χ1n) is 8.64. The number of carbonyl (C=O) groups excluding carboxylic acids is 1. The van der Waals surface area contributed by atoms with E-state index in [4.69, 9.17) is 20.8 Å². The van der Waals surface area contributed by atoms with Crippen molar-refractivity contribution >= 4 is 33.2 Å². The van der Waals surface area contributed by atoms with Crippen LogP contribution in [0.15, 0.2) is 70.2 Å². The second-order valence-electron chi connectivity index (χ2n) is 6.18. The number of benzene rings is 2. The van der Waals surface area contributed by atoms with Crippen LogP contribution in [0, 0.1) is 6.92 Å². The van der Waals surface area contributed by atoms with Gasteiger partial charge in [0.05, 0.1) is 17.7 Å². The van der Waals surface area contributed by atoms with Crippen molar-refractivity contribution < 1.29 is 22.4 Å². The minimum absolute atomic E-state index is 0.0829. The number of halogens is 1. The highest BCUT2D eigenvalue weighted by Gasteiger charge is 2.16. The number of furan rings is 1. The average Bonchev–Trinajstić information content (AvgIpc) is 3.20. The number of nitrogens with one attached hydrogen (secondary N) is 2. The van der Waals surface area contributed by atoms with Gasteiger partial charge >= 0.3 is 0 Å². The maximum atomic E-state index is 12.6. The molecule has 0 aliphatic carbocycles. The lowest BCUT2D eigenvalue weighted by molar-refractivity contribution is -0.123. The third kappa shape index (κ3) is 5.75. The summed E-state index contributed by atoms with van der Waals surface area (Å²) >= 11 is 5.81. The molecule has 9 heteroatoms. The minimum Gasteiger partial charge on any atom is -0.484 e. The first kappa shape index (κ1) is 20.8. The highest BCUT2D eigenvalue weighted by Crippen LogP contribution is 2.24. The zero-order valence-corrected chi connectivity index (χ0v) is 17.1. The lowest BCUT2D eigenvalue weighted by Crippen LogP contribution is -2.28. The molecule has 0 atom stereocenters. The predicted octanol–water partition coefficient (Wildman–Crippen LogP) is 3.74. The largest absolute Gasteiger partial charge is 0.484 e. The number of hydrogen-bond acceptors (Lipinski definition) is 5. The molecule has 1 heterocycles. The minimum atomic E-state index is -3.77. The number of carbonyl (C=O) groups is 1. The molecule has 2 N–H and O–H groups in total. The Morgan fingerprint density at radius 2 is 1.90 bits per heavy atom. The molecule has 0 unspecified atom stereocenters. The van der Waals surface area contributed by atoms with E-state index in [0.717, 1.165) is 0 Å². The van der Waals surface area contributed by atoms with Crippen LogP contribution in [0.25, 0.3) is 0 Å². The van der Waals surface area contributed by atoms with E-state index in [-0.39, 0.29) is 24.0 Å². The number of aryl methyl sites for hydroxylation is 1. The van der Waals surface area contributed by atoms with Crippen LogP contribution in [-0.2, 0) is 21.4 Å². The summed E-state index contributed by atoms with van der Waals surface area (Å²) in [6, 6.07) is 14.2. The van der Waals surface area contributed by atoms with E-state index in [2.05, 4.69) is 10.0 Å². The van der Waals surface area contributed by atoms with E-state index in [9.17, 15) is 13.2 Å². The van der Waals surface area contributed by atoms with Gasteiger partial charge in [-0.1, -0.05) is 11.6 Å². The second-order valence-corrected chi connectivity index (χ2v) is 8.30. The molecule has 0 saturated heterocycles. The monoisotopic (exact) mass is 434 g/mol. The maximum Gasteiger partial charge on any atom is 0.261 e. The van der Waals surface area contributed by atoms with E-state index in [1.54, 1.807) is 43.3 Å². The van der Waals surface area contributed by atoms with Crippen LogP contribution in [0.3, 0.4) is 0 Å². The molecule has 0 aliphatic rings. The molecular formula is C20H19ClN2O5S. The summed E-state index contributed by atoms with van der Waals surface area (Å²) in [6.45, 7) is 1.77. The highest BCUT2D eigenvalue weighted by molar-refractivity contribution is 7.92. The van der Waals surface area contributed by atoms with Gasteiger partial charge in [0.15, 0.2) is 6.61 Å². The third-order valence-corrected chi connectivity index (χ3v) is 5.58. The number of hydrogen-bond donors (Lipinski definition) is 2. The van der Waals surface area contributed by atoms with Gasteiger partial charge in [0.1, 0.15) is 11.5 Å². The zero-order valence-electron chi connectivity index (χ0n) is 15.5. The molecule has 0 saturated carbocycles. The summed E-state index contributed by atoms with van der Waals surface area (Å²) in [5, 5.41) is 3.18. The standard InChI is InChI=1S/C20H19ClN2O5S/c1-14-11-18(29(25,26)23-16-6-4-15(21)5-7-16)8-9-19(14)28-13-20(24)22-12-17-3-2-10-27-17/h2-11,23H,12-13H2,1H3,(H,22,24). The van der Waals surface area contributed by atoms with Crippen LogP contribution in [0.5, 0.6) is 5.75 Å². The molecule has 3 rings (SSSR count). The number of ether oxygens (including phenoxy) is 1. The van der Waals surface area contributed by atoms with Crippen LogP contribution in [-0.4, -0.2) is 20.9 Å². The topological polar surface area (TPSA) is 97.6 Å². The molecule has 1 aromatic heterocycles. The van der Waals surface area contributed by atoms with Gasteiger partial charge in [0, 0.05) is 10.7 Å². The fourth-order valence-electron chi connectivity index (χ4n) is 2.48. The van der Waals surface area contributed by atoms with Crippen LogP contribution < -0.4 is 14.8 Å². The normalized spacial score (nSPS) is 11.1. The van der Waals surface area contributed by atoms with Gasteiger partial charge in [-0.15, -0.1) is 0 Å². The van der Waals surface area contributed by atoms with Crippen molar-refractivity contribution in [2.75, 3.05) is 11.3 Å². The van der Waals surface area contributed by atoms with Crippen molar-refractivity contribution in [3.05, 3.63) is 77.2 Å². The zero-order chi connectivity index (χ0) is 20.9. The first-order valence-corrected chi connectivity index (χ1v) is 10.5. The fraction of sp³-hybridized carbons (Fsp3) is 0.150. The molecule has 0 bridgehead atoms. The molecule has 0 spiro atoms. The number of anilines is 1. The number of sulfonamides is 1. The summed E-state index contributed by atoms with van der Waals surface area (Å²) in [6.07, 6.45) is 1.53. The van der Waals surface area contributed by atoms with E-state index in [0.29, 0.717) is 27.8 Å². The molecule has 1 amide bonds. The summed E-state index contributed by atoms with van der Waals surface area (Å²) < 4.78 is 38.2. The molecule has 0 fully saturated rings. The van der Waals surface area contributed by atoms with Crippen LogP contribution in [0.1, 0.15) is 11.3 Å². The van der Waals surface area contributed by atoms with E-state index in [1.165, 1.54) is 24.5 Å². The van der Waals surface area contributed by atoms with Crippen molar-refractivity contribution in [2.45, 2.75) is 18.4 Å².